The van der Waals surface area contributed by atoms with E-state index in [9.17, 15) is 8.42 Å². The van der Waals surface area contributed by atoms with Crippen LogP contribution in [-0.4, -0.2) is 26.8 Å². The van der Waals surface area contributed by atoms with Gasteiger partial charge >= 0.3 is 0 Å². The molecule has 14 heavy (non-hydrogen) atoms. The predicted octanol–water partition coefficient (Wildman–Crippen LogP) is 0.443. The van der Waals surface area contributed by atoms with E-state index in [0.29, 0.717) is 17.9 Å². The number of sulfonamides is 1. The highest BCUT2D eigenvalue weighted by molar-refractivity contribution is 7.89. The van der Waals surface area contributed by atoms with Crippen molar-refractivity contribution in [3.8, 4) is 0 Å². The first-order chi connectivity index (χ1) is 6.33. The van der Waals surface area contributed by atoms with E-state index in [1.54, 1.807) is 0 Å². The molecule has 0 radical (unpaired) electrons. The summed E-state index contributed by atoms with van der Waals surface area (Å²) in [5.41, 5.74) is 0.446. The summed E-state index contributed by atoms with van der Waals surface area (Å²) in [6.45, 7) is 5.14. The van der Waals surface area contributed by atoms with Crippen molar-refractivity contribution in [3.05, 3.63) is 0 Å². The highest BCUT2D eigenvalue weighted by Gasteiger charge is 2.41. The molecule has 84 valence electrons. The van der Waals surface area contributed by atoms with Gasteiger partial charge in [0.25, 0.3) is 0 Å². The van der Waals surface area contributed by atoms with E-state index in [1.807, 2.05) is 0 Å². The van der Waals surface area contributed by atoms with Crippen LogP contribution in [0.15, 0.2) is 0 Å². The van der Waals surface area contributed by atoms with Crippen molar-refractivity contribution in [2.75, 3.05) is 12.3 Å². The van der Waals surface area contributed by atoms with Gasteiger partial charge in [-0.15, -0.1) is 0 Å². The number of nitrogens with one attached hydrogen (secondary N) is 1. The molecular weight excluding hydrogens is 200 g/mol. The van der Waals surface area contributed by atoms with E-state index in [1.165, 1.54) is 12.8 Å². The fraction of sp³-hybridized carbons (Fsp3) is 1.00. The maximum atomic E-state index is 10.6. The molecular formula is C9H20N2O2S. The Morgan fingerprint density at radius 2 is 2.07 bits per heavy atom. The molecule has 1 fully saturated rings. The molecule has 0 saturated heterocycles. The van der Waals surface area contributed by atoms with Crippen LogP contribution in [0.3, 0.4) is 0 Å². The third-order valence-corrected chi connectivity index (χ3v) is 4.00. The van der Waals surface area contributed by atoms with Gasteiger partial charge in [-0.05, 0) is 38.1 Å². The van der Waals surface area contributed by atoms with Gasteiger partial charge in [-0.3, -0.25) is 0 Å². The lowest BCUT2D eigenvalue weighted by atomic mass is 10.0. The zero-order chi connectivity index (χ0) is 10.8. The molecule has 0 aromatic carbocycles. The van der Waals surface area contributed by atoms with E-state index in [4.69, 9.17) is 5.14 Å². The molecule has 0 bridgehead atoms. The molecule has 1 atom stereocenters. The van der Waals surface area contributed by atoms with Gasteiger partial charge in [0.15, 0.2) is 0 Å². The van der Waals surface area contributed by atoms with Crippen LogP contribution in [0.5, 0.6) is 0 Å². The molecule has 0 amide bonds. The molecule has 0 aliphatic heterocycles. The number of nitrogens with two attached hydrogens (primary N) is 1. The van der Waals surface area contributed by atoms with Gasteiger partial charge < -0.3 is 5.32 Å². The zero-order valence-electron chi connectivity index (χ0n) is 8.91. The van der Waals surface area contributed by atoms with Crippen molar-refractivity contribution < 1.29 is 8.42 Å². The normalized spacial score (nSPS) is 21.9. The third kappa shape index (κ3) is 3.94. The Balaban J connectivity index is 2.10. The molecule has 3 N–H and O–H groups in total. The highest BCUT2D eigenvalue weighted by Crippen LogP contribution is 2.47. The molecule has 4 nitrogen and oxygen atoms in total. The molecule has 1 aliphatic rings. The first-order valence-corrected chi connectivity index (χ1v) is 6.79. The SMILES string of the molecule is CC(NCCCS(N)(=O)=O)C1(C)CC1. The van der Waals surface area contributed by atoms with Crippen molar-refractivity contribution >= 4 is 10.0 Å². The molecule has 1 unspecified atom stereocenters. The number of rotatable bonds is 6. The van der Waals surface area contributed by atoms with Crippen LogP contribution in [0, 0.1) is 5.41 Å². The van der Waals surface area contributed by atoms with Gasteiger partial charge in [0.1, 0.15) is 0 Å². The summed E-state index contributed by atoms with van der Waals surface area (Å²) in [5, 5.41) is 8.23. The van der Waals surface area contributed by atoms with Crippen LogP contribution in [0.1, 0.15) is 33.1 Å². The number of hydrogen-bond acceptors (Lipinski definition) is 3. The minimum absolute atomic E-state index is 0.0729. The summed E-state index contributed by atoms with van der Waals surface area (Å²) in [4.78, 5) is 0. The van der Waals surface area contributed by atoms with Gasteiger partial charge in [0, 0.05) is 6.04 Å². The Hall–Kier alpha value is -0.130. The molecule has 1 aliphatic carbocycles. The monoisotopic (exact) mass is 220 g/mol. The molecule has 1 saturated carbocycles. The van der Waals surface area contributed by atoms with Gasteiger partial charge in [0.05, 0.1) is 5.75 Å². The first-order valence-electron chi connectivity index (χ1n) is 5.07. The quantitative estimate of drug-likeness (QED) is 0.638. The molecule has 0 aromatic rings. The third-order valence-electron chi connectivity index (χ3n) is 3.14. The second-order valence-corrected chi connectivity index (χ2v) is 6.28. The molecule has 0 aromatic heterocycles. The lowest BCUT2D eigenvalue weighted by Gasteiger charge is -2.20. The Morgan fingerprint density at radius 3 is 2.50 bits per heavy atom. The minimum Gasteiger partial charge on any atom is -0.314 e. The van der Waals surface area contributed by atoms with Gasteiger partial charge in [0.2, 0.25) is 10.0 Å². The van der Waals surface area contributed by atoms with Crippen LogP contribution in [0.4, 0.5) is 0 Å². The average molecular weight is 220 g/mol. The van der Waals surface area contributed by atoms with E-state index >= 15 is 0 Å². The Morgan fingerprint density at radius 1 is 1.50 bits per heavy atom. The second kappa shape index (κ2) is 4.16. The summed E-state index contributed by atoms with van der Waals surface area (Å²) >= 11 is 0. The topological polar surface area (TPSA) is 72.2 Å². The smallest absolute Gasteiger partial charge is 0.209 e. The van der Waals surface area contributed by atoms with Crippen molar-refractivity contribution in [1.82, 2.24) is 5.32 Å². The molecule has 1 rings (SSSR count). The number of hydrogen-bond donors (Lipinski definition) is 2. The second-order valence-electron chi connectivity index (χ2n) is 4.55. The molecule has 0 heterocycles. The average Bonchev–Trinajstić information content (AvgIpc) is 2.76. The molecule has 5 heteroatoms. The van der Waals surface area contributed by atoms with Crippen LogP contribution in [-0.2, 0) is 10.0 Å². The predicted molar refractivity (Wildman–Crippen MR) is 57.4 cm³/mol. The lowest BCUT2D eigenvalue weighted by Crippen LogP contribution is -2.35. The van der Waals surface area contributed by atoms with Gasteiger partial charge in [-0.1, -0.05) is 6.92 Å². The van der Waals surface area contributed by atoms with Crippen LogP contribution in [0.2, 0.25) is 0 Å². The minimum atomic E-state index is -3.28. The fourth-order valence-corrected chi connectivity index (χ4v) is 2.02. The number of primary sulfonamides is 1. The summed E-state index contributed by atoms with van der Waals surface area (Å²) < 4.78 is 21.3. The van der Waals surface area contributed by atoms with Gasteiger partial charge in [-0.25, -0.2) is 13.6 Å². The lowest BCUT2D eigenvalue weighted by molar-refractivity contribution is 0.382. The highest BCUT2D eigenvalue weighted by atomic mass is 32.2. The van der Waals surface area contributed by atoms with Crippen molar-refractivity contribution in [3.63, 3.8) is 0 Å². The fourth-order valence-electron chi connectivity index (χ4n) is 1.47. The summed E-state index contributed by atoms with van der Waals surface area (Å²) in [6.07, 6.45) is 3.14. The van der Waals surface area contributed by atoms with Crippen molar-refractivity contribution in [1.29, 1.82) is 0 Å². The maximum absolute atomic E-state index is 10.6. The first kappa shape index (κ1) is 11.9. The Kier molecular flexibility index (Phi) is 3.55. The Bertz CT molecular complexity index is 283. The Labute approximate surface area is 86.3 Å². The van der Waals surface area contributed by atoms with Crippen LogP contribution >= 0.6 is 0 Å². The van der Waals surface area contributed by atoms with E-state index < -0.39 is 10.0 Å². The molecule has 0 spiro atoms. The van der Waals surface area contributed by atoms with E-state index in [-0.39, 0.29) is 5.75 Å². The summed E-state index contributed by atoms with van der Waals surface area (Å²) in [6, 6.07) is 0.475. The van der Waals surface area contributed by atoms with Crippen LogP contribution < -0.4 is 10.5 Å². The van der Waals surface area contributed by atoms with E-state index in [0.717, 1.165) is 6.54 Å². The largest absolute Gasteiger partial charge is 0.314 e. The van der Waals surface area contributed by atoms with Gasteiger partial charge in [-0.2, -0.15) is 0 Å². The van der Waals surface area contributed by atoms with Crippen molar-refractivity contribution in [2.45, 2.75) is 39.2 Å². The summed E-state index contributed by atoms with van der Waals surface area (Å²) in [7, 11) is -3.28. The van der Waals surface area contributed by atoms with E-state index in [2.05, 4.69) is 19.2 Å². The standard InChI is InChI=1S/C9H20N2O2S/c1-8(9(2)4-5-9)11-6-3-7-14(10,12)13/h8,11H,3-7H2,1-2H3,(H2,10,12,13). The zero-order valence-corrected chi connectivity index (χ0v) is 9.73. The summed E-state index contributed by atoms with van der Waals surface area (Å²) in [5.74, 6) is 0.0729. The van der Waals surface area contributed by atoms with Crippen LogP contribution in [0.25, 0.3) is 0 Å². The van der Waals surface area contributed by atoms with Crippen molar-refractivity contribution in [2.24, 2.45) is 10.6 Å². The maximum Gasteiger partial charge on any atom is 0.209 e.